The lowest BCUT2D eigenvalue weighted by Gasteiger charge is -2.22. The Balaban J connectivity index is 1.65. The van der Waals surface area contributed by atoms with E-state index in [4.69, 9.17) is 0 Å². The van der Waals surface area contributed by atoms with Crippen molar-refractivity contribution in [3.8, 4) is 0 Å². The van der Waals surface area contributed by atoms with Crippen LogP contribution in [0.15, 0.2) is 22.9 Å². The average Bonchev–Trinajstić information content (AvgIpc) is 3.13. The first kappa shape index (κ1) is 14.8. The van der Waals surface area contributed by atoms with Gasteiger partial charge in [-0.1, -0.05) is 0 Å². The molecule has 0 radical (unpaired) electrons. The van der Waals surface area contributed by atoms with Gasteiger partial charge in [0.2, 0.25) is 0 Å². The summed E-state index contributed by atoms with van der Waals surface area (Å²) in [7, 11) is 0. The van der Waals surface area contributed by atoms with E-state index in [1.807, 2.05) is 22.9 Å². The van der Waals surface area contributed by atoms with Crippen molar-refractivity contribution >= 4 is 28.6 Å². The number of thiophene rings is 2. The molecule has 21 heavy (non-hydrogen) atoms. The number of fused-ring (bicyclic) bond motifs is 1. The molecular formula is C16H19NO2S2. The maximum Gasteiger partial charge on any atom is 0.261 e. The van der Waals surface area contributed by atoms with Gasteiger partial charge in [-0.15, -0.1) is 11.3 Å². The third-order valence-electron chi connectivity index (χ3n) is 3.96. The predicted octanol–water partition coefficient (Wildman–Crippen LogP) is 3.33. The Bertz CT molecular complexity index is 605. The quantitative estimate of drug-likeness (QED) is 0.907. The number of carbonyl (C=O) groups excluding carboxylic acids is 1. The molecule has 2 aromatic heterocycles. The van der Waals surface area contributed by atoms with Crippen LogP contribution in [-0.2, 0) is 18.4 Å². The maximum absolute atomic E-state index is 12.3. The molecule has 1 unspecified atom stereocenters. The Kier molecular flexibility index (Phi) is 4.15. The summed E-state index contributed by atoms with van der Waals surface area (Å²) < 4.78 is 0. The van der Waals surface area contributed by atoms with Crippen LogP contribution in [0.3, 0.4) is 0 Å². The van der Waals surface area contributed by atoms with E-state index in [2.05, 4.69) is 5.32 Å². The van der Waals surface area contributed by atoms with E-state index in [0.29, 0.717) is 0 Å². The second kappa shape index (κ2) is 5.91. The molecule has 2 heterocycles. The van der Waals surface area contributed by atoms with Crippen LogP contribution in [0.5, 0.6) is 0 Å². The highest BCUT2D eigenvalue weighted by atomic mass is 32.1. The van der Waals surface area contributed by atoms with Crippen molar-refractivity contribution in [3.63, 3.8) is 0 Å². The van der Waals surface area contributed by atoms with Gasteiger partial charge in [0.15, 0.2) is 0 Å². The third-order valence-corrected chi connectivity index (χ3v) is 5.88. The van der Waals surface area contributed by atoms with Crippen molar-refractivity contribution in [2.45, 2.75) is 38.2 Å². The second-order valence-electron chi connectivity index (χ2n) is 5.73. The van der Waals surface area contributed by atoms with Crippen LogP contribution >= 0.6 is 22.7 Å². The van der Waals surface area contributed by atoms with E-state index in [-0.39, 0.29) is 12.5 Å². The van der Waals surface area contributed by atoms with Crippen LogP contribution in [0.4, 0.5) is 0 Å². The molecule has 0 bridgehead atoms. The standard InChI is InChI=1S/C16H19NO2S2/c1-16(19,12-6-7-20-9-12)10-17-15(18)14-8-11-4-2-3-5-13(11)21-14/h6-9,19H,2-5,10H2,1H3,(H,17,18). The zero-order valence-corrected chi connectivity index (χ0v) is 13.6. The van der Waals surface area contributed by atoms with Crippen LogP contribution in [0, 0.1) is 0 Å². The normalized spacial score (nSPS) is 17.0. The lowest BCUT2D eigenvalue weighted by molar-refractivity contribution is 0.0531. The summed E-state index contributed by atoms with van der Waals surface area (Å²) in [6, 6.07) is 3.91. The van der Waals surface area contributed by atoms with Gasteiger partial charge in [-0.25, -0.2) is 0 Å². The molecule has 3 rings (SSSR count). The molecule has 0 saturated heterocycles. The van der Waals surface area contributed by atoms with Gasteiger partial charge in [0.25, 0.3) is 5.91 Å². The van der Waals surface area contributed by atoms with Gasteiger partial charge in [0.05, 0.1) is 11.4 Å². The monoisotopic (exact) mass is 321 g/mol. The Hall–Kier alpha value is -1.17. The molecule has 1 amide bonds. The summed E-state index contributed by atoms with van der Waals surface area (Å²) in [6.45, 7) is 1.96. The summed E-state index contributed by atoms with van der Waals surface area (Å²) >= 11 is 3.14. The molecule has 5 heteroatoms. The minimum atomic E-state index is -1.02. The summed E-state index contributed by atoms with van der Waals surface area (Å²) in [5.74, 6) is -0.0788. The molecule has 0 spiro atoms. The van der Waals surface area contributed by atoms with E-state index in [1.165, 1.54) is 23.3 Å². The van der Waals surface area contributed by atoms with Gasteiger partial charge >= 0.3 is 0 Å². The first-order valence-corrected chi connectivity index (χ1v) is 8.97. The zero-order valence-electron chi connectivity index (χ0n) is 12.0. The third kappa shape index (κ3) is 3.20. The van der Waals surface area contributed by atoms with Crippen molar-refractivity contribution in [3.05, 3.63) is 43.8 Å². The minimum absolute atomic E-state index is 0.0788. The molecule has 2 N–H and O–H groups in total. The molecule has 0 aromatic carbocycles. The minimum Gasteiger partial charge on any atom is -0.384 e. The van der Waals surface area contributed by atoms with Gasteiger partial charge in [0, 0.05) is 4.88 Å². The highest BCUT2D eigenvalue weighted by Gasteiger charge is 2.25. The lowest BCUT2D eigenvalue weighted by Crippen LogP contribution is -2.38. The van der Waals surface area contributed by atoms with Crippen molar-refractivity contribution in [1.82, 2.24) is 5.32 Å². The molecule has 1 atom stereocenters. The number of hydrogen-bond donors (Lipinski definition) is 2. The highest BCUT2D eigenvalue weighted by Crippen LogP contribution is 2.30. The number of nitrogens with one attached hydrogen (secondary N) is 1. The van der Waals surface area contributed by atoms with Crippen molar-refractivity contribution in [1.29, 1.82) is 0 Å². The fourth-order valence-corrected chi connectivity index (χ4v) is 4.57. The number of amides is 1. The molecule has 3 nitrogen and oxygen atoms in total. The van der Waals surface area contributed by atoms with E-state index in [1.54, 1.807) is 29.6 Å². The molecule has 2 aromatic rings. The number of carbonyl (C=O) groups is 1. The fourth-order valence-electron chi connectivity index (χ4n) is 2.62. The number of aliphatic hydroxyl groups is 1. The van der Waals surface area contributed by atoms with E-state index in [0.717, 1.165) is 23.3 Å². The average molecular weight is 321 g/mol. The highest BCUT2D eigenvalue weighted by molar-refractivity contribution is 7.14. The van der Waals surface area contributed by atoms with Crippen LogP contribution in [0.1, 0.15) is 45.4 Å². The summed E-state index contributed by atoms with van der Waals surface area (Å²) in [6.07, 6.45) is 4.63. The van der Waals surface area contributed by atoms with Crippen LogP contribution in [-0.4, -0.2) is 17.6 Å². The Labute approximate surface area is 132 Å². The largest absolute Gasteiger partial charge is 0.384 e. The van der Waals surface area contributed by atoms with Crippen LogP contribution in [0.25, 0.3) is 0 Å². The van der Waals surface area contributed by atoms with E-state index in [9.17, 15) is 9.90 Å². The first-order chi connectivity index (χ1) is 10.1. The number of hydrogen-bond acceptors (Lipinski definition) is 4. The van der Waals surface area contributed by atoms with Crippen molar-refractivity contribution < 1.29 is 9.90 Å². The van der Waals surface area contributed by atoms with Gasteiger partial charge in [-0.2, -0.15) is 11.3 Å². The van der Waals surface area contributed by atoms with Gasteiger partial charge in [0.1, 0.15) is 5.60 Å². The number of rotatable bonds is 4. The molecular weight excluding hydrogens is 302 g/mol. The molecule has 1 aliphatic carbocycles. The Morgan fingerprint density at radius 1 is 1.43 bits per heavy atom. The molecule has 112 valence electrons. The van der Waals surface area contributed by atoms with Gasteiger partial charge in [-0.05, 0) is 66.6 Å². The summed E-state index contributed by atoms with van der Waals surface area (Å²) in [5, 5.41) is 17.1. The van der Waals surface area contributed by atoms with Crippen LogP contribution < -0.4 is 5.32 Å². The Morgan fingerprint density at radius 2 is 2.24 bits per heavy atom. The zero-order chi connectivity index (χ0) is 14.9. The van der Waals surface area contributed by atoms with Gasteiger partial charge in [-0.3, -0.25) is 4.79 Å². The predicted molar refractivity (Wildman–Crippen MR) is 87.2 cm³/mol. The summed E-state index contributed by atoms with van der Waals surface area (Å²) in [5.41, 5.74) is 1.16. The molecule has 1 aliphatic rings. The van der Waals surface area contributed by atoms with Crippen LogP contribution in [0.2, 0.25) is 0 Å². The molecule has 0 fully saturated rings. The maximum atomic E-state index is 12.3. The SMILES string of the molecule is CC(O)(CNC(=O)c1cc2c(s1)CCCC2)c1ccsc1. The van der Waals surface area contributed by atoms with Crippen molar-refractivity contribution in [2.75, 3.05) is 6.54 Å². The number of aryl methyl sites for hydroxylation is 2. The van der Waals surface area contributed by atoms with Gasteiger partial charge < -0.3 is 10.4 Å². The van der Waals surface area contributed by atoms with Crippen molar-refractivity contribution in [2.24, 2.45) is 0 Å². The smallest absolute Gasteiger partial charge is 0.261 e. The van der Waals surface area contributed by atoms with E-state index < -0.39 is 5.60 Å². The van der Waals surface area contributed by atoms with E-state index >= 15 is 0 Å². The molecule has 0 saturated carbocycles. The second-order valence-corrected chi connectivity index (χ2v) is 7.65. The lowest BCUT2D eigenvalue weighted by atomic mass is 9.99. The first-order valence-electron chi connectivity index (χ1n) is 7.21. The Morgan fingerprint density at radius 3 is 2.95 bits per heavy atom. The fraction of sp³-hybridized carbons (Fsp3) is 0.438. The topological polar surface area (TPSA) is 49.3 Å². The molecule has 0 aliphatic heterocycles. The summed E-state index contributed by atoms with van der Waals surface area (Å²) in [4.78, 5) is 14.4.